The zero-order valence-corrected chi connectivity index (χ0v) is 23.0. The van der Waals surface area contributed by atoms with Crippen molar-refractivity contribution in [2.45, 2.75) is 0 Å². The van der Waals surface area contributed by atoms with Crippen molar-refractivity contribution in [3.05, 3.63) is 70.4 Å². The monoisotopic (exact) mass is 566 g/mol. The molecular formula is C28H10N2S6. The molecule has 168 valence electrons. The van der Waals surface area contributed by atoms with E-state index in [0.717, 1.165) is 9.75 Å². The summed E-state index contributed by atoms with van der Waals surface area (Å²) >= 11 is 10.4. The van der Waals surface area contributed by atoms with Crippen LogP contribution in [0.15, 0.2) is 60.7 Å². The van der Waals surface area contributed by atoms with Crippen LogP contribution < -0.4 is 0 Å². The predicted molar refractivity (Wildman–Crippen MR) is 162 cm³/mol. The van der Waals surface area contributed by atoms with Crippen LogP contribution in [0.4, 0.5) is 0 Å². The Morgan fingerprint density at radius 1 is 0.361 bits per heavy atom. The molecule has 0 atom stereocenters. The Bertz CT molecular complexity index is 1960. The first kappa shape index (κ1) is 21.0. The topological polar surface area (TPSA) is 47.6 Å². The summed E-state index contributed by atoms with van der Waals surface area (Å²) in [5.74, 6) is 0. The van der Waals surface area contributed by atoms with E-state index >= 15 is 0 Å². The van der Waals surface area contributed by atoms with E-state index in [1.807, 2.05) is 34.8 Å². The summed E-state index contributed by atoms with van der Waals surface area (Å²) in [6.07, 6.45) is 0. The van der Waals surface area contributed by atoms with E-state index in [1.54, 1.807) is 45.3 Å². The summed E-state index contributed by atoms with van der Waals surface area (Å²) in [7, 11) is 0. The molecule has 0 bridgehead atoms. The van der Waals surface area contributed by atoms with Crippen molar-refractivity contribution in [1.29, 1.82) is 10.5 Å². The van der Waals surface area contributed by atoms with Gasteiger partial charge in [0, 0.05) is 47.7 Å². The molecule has 8 aromatic rings. The SMILES string of the molecule is N#Cc1cc2sc(-c3cc4cc5cc6sc(-c7cc8sc(C#N)cc8s7)cc6cc5cc4s3)cc2s1. The lowest BCUT2D eigenvalue weighted by atomic mass is 10.1. The molecule has 0 amide bonds. The Hall–Kier alpha value is -3.08. The second kappa shape index (κ2) is 7.71. The molecule has 6 aromatic heterocycles. The normalized spacial score (nSPS) is 11.8. The Morgan fingerprint density at radius 2 is 0.750 bits per heavy atom. The molecule has 2 nitrogen and oxygen atoms in total. The molecule has 0 saturated heterocycles. The minimum absolute atomic E-state index is 0.778. The third-order valence-electron chi connectivity index (χ3n) is 6.23. The summed E-state index contributed by atoms with van der Waals surface area (Å²) in [5, 5.41) is 23.4. The molecule has 0 aliphatic rings. The molecule has 0 fully saturated rings. The van der Waals surface area contributed by atoms with Crippen molar-refractivity contribution in [1.82, 2.24) is 0 Å². The number of hydrogen-bond acceptors (Lipinski definition) is 8. The quantitative estimate of drug-likeness (QED) is 0.209. The maximum atomic E-state index is 9.16. The van der Waals surface area contributed by atoms with Crippen molar-refractivity contribution >= 4 is 118 Å². The minimum Gasteiger partial charge on any atom is -0.192 e. The van der Waals surface area contributed by atoms with Crippen LogP contribution in [0.5, 0.6) is 0 Å². The molecule has 0 saturated carbocycles. The molecule has 0 aliphatic carbocycles. The molecule has 0 radical (unpaired) electrons. The van der Waals surface area contributed by atoms with Gasteiger partial charge in [0.1, 0.15) is 21.9 Å². The van der Waals surface area contributed by atoms with Gasteiger partial charge in [0.25, 0.3) is 0 Å². The third kappa shape index (κ3) is 3.21. The highest BCUT2D eigenvalue weighted by molar-refractivity contribution is 7.33. The molecular weight excluding hydrogens is 557 g/mol. The molecule has 0 aliphatic heterocycles. The first-order valence-corrected chi connectivity index (χ1v) is 15.8. The molecule has 36 heavy (non-hydrogen) atoms. The fraction of sp³-hybridized carbons (Fsp3) is 0. The van der Waals surface area contributed by atoms with E-state index in [9.17, 15) is 0 Å². The van der Waals surface area contributed by atoms with Crippen LogP contribution in [0.25, 0.3) is 69.3 Å². The smallest absolute Gasteiger partial charge is 0.110 e. The first-order chi connectivity index (χ1) is 17.6. The summed E-state index contributed by atoms with van der Waals surface area (Å²) in [5.41, 5.74) is 0. The number of nitrogens with zero attached hydrogens (tertiary/aromatic N) is 2. The van der Waals surface area contributed by atoms with Crippen molar-refractivity contribution in [3.8, 4) is 31.6 Å². The van der Waals surface area contributed by atoms with E-state index in [-0.39, 0.29) is 0 Å². The van der Waals surface area contributed by atoms with Crippen LogP contribution >= 0.6 is 68.0 Å². The van der Waals surface area contributed by atoms with Crippen LogP contribution in [0.1, 0.15) is 9.75 Å². The number of fused-ring (bicyclic) bond motifs is 5. The van der Waals surface area contributed by atoms with E-state index in [0.29, 0.717) is 0 Å². The molecule has 2 aromatic carbocycles. The van der Waals surface area contributed by atoms with Crippen LogP contribution in [0.3, 0.4) is 0 Å². The second-order valence-electron chi connectivity index (χ2n) is 8.47. The third-order valence-corrected chi connectivity index (χ3v) is 13.2. The number of hydrogen-bond donors (Lipinski definition) is 0. The largest absolute Gasteiger partial charge is 0.192 e. The van der Waals surface area contributed by atoms with Crippen LogP contribution in [0.2, 0.25) is 0 Å². The van der Waals surface area contributed by atoms with Gasteiger partial charge in [0.05, 0.1) is 0 Å². The highest BCUT2D eigenvalue weighted by Crippen LogP contribution is 2.45. The molecule has 0 N–H and O–H groups in total. The standard InChI is InChI=1S/C28H10N2S6/c29-11-17-7-23-25(31-17)9-27(35-23)21-5-15-1-13-3-20-16(2-14(13)4-19(15)33-21)6-22(34-20)28-10-26-24(36-28)8-18(12-30)32-26/h1-10H. The van der Waals surface area contributed by atoms with E-state index in [1.165, 1.54) is 69.3 Å². The van der Waals surface area contributed by atoms with Crippen molar-refractivity contribution in [3.63, 3.8) is 0 Å². The summed E-state index contributed by atoms with van der Waals surface area (Å²) in [6.45, 7) is 0. The van der Waals surface area contributed by atoms with Gasteiger partial charge < -0.3 is 0 Å². The lowest BCUT2D eigenvalue weighted by Gasteiger charge is -1.99. The van der Waals surface area contributed by atoms with Crippen LogP contribution in [-0.4, -0.2) is 0 Å². The Morgan fingerprint density at radius 3 is 1.17 bits per heavy atom. The maximum Gasteiger partial charge on any atom is 0.110 e. The maximum absolute atomic E-state index is 9.16. The summed E-state index contributed by atoms with van der Waals surface area (Å²) in [6, 6.07) is 26.8. The highest BCUT2D eigenvalue weighted by atomic mass is 32.1. The number of rotatable bonds is 2. The first-order valence-electron chi connectivity index (χ1n) is 10.9. The second-order valence-corrected chi connectivity index (χ2v) is 15.0. The number of benzene rings is 2. The number of thiophene rings is 6. The van der Waals surface area contributed by atoms with Gasteiger partial charge in [0.15, 0.2) is 0 Å². The summed E-state index contributed by atoms with van der Waals surface area (Å²) < 4.78 is 7.38. The van der Waals surface area contributed by atoms with Gasteiger partial charge in [-0.2, -0.15) is 10.5 Å². The van der Waals surface area contributed by atoms with E-state index < -0.39 is 0 Å². The van der Waals surface area contributed by atoms with Crippen molar-refractivity contribution in [2.24, 2.45) is 0 Å². The average Bonchev–Trinajstić information content (AvgIpc) is 3.67. The van der Waals surface area contributed by atoms with Crippen LogP contribution in [-0.2, 0) is 0 Å². The van der Waals surface area contributed by atoms with Gasteiger partial charge >= 0.3 is 0 Å². The van der Waals surface area contributed by atoms with Gasteiger partial charge in [-0.1, -0.05) is 0 Å². The van der Waals surface area contributed by atoms with Gasteiger partial charge in [-0.15, -0.1) is 68.0 Å². The highest BCUT2D eigenvalue weighted by Gasteiger charge is 2.14. The molecule has 8 rings (SSSR count). The Labute approximate surface area is 228 Å². The number of nitriles is 2. The summed E-state index contributed by atoms with van der Waals surface area (Å²) in [4.78, 5) is 6.67. The lowest BCUT2D eigenvalue weighted by Crippen LogP contribution is -1.72. The minimum atomic E-state index is 0.778. The zero-order chi connectivity index (χ0) is 24.0. The van der Waals surface area contributed by atoms with Gasteiger partial charge in [-0.3, -0.25) is 0 Å². The van der Waals surface area contributed by atoms with Crippen LogP contribution in [0, 0.1) is 22.7 Å². The fourth-order valence-electron chi connectivity index (χ4n) is 4.59. The Kier molecular flexibility index (Phi) is 4.51. The van der Waals surface area contributed by atoms with Gasteiger partial charge in [-0.25, -0.2) is 0 Å². The van der Waals surface area contributed by atoms with Crippen molar-refractivity contribution < 1.29 is 0 Å². The Balaban J connectivity index is 1.21. The molecule has 0 spiro atoms. The zero-order valence-electron chi connectivity index (χ0n) is 18.1. The lowest BCUT2D eigenvalue weighted by molar-refractivity contribution is 1.52. The van der Waals surface area contributed by atoms with E-state index in [4.69, 9.17) is 10.5 Å². The fourth-order valence-corrected chi connectivity index (χ4v) is 11.3. The molecule has 8 heteroatoms. The van der Waals surface area contributed by atoms with Crippen molar-refractivity contribution in [2.75, 3.05) is 0 Å². The molecule has 6 heterocycles. The predicted octanol–water partition coefficient (Wildman–Crippen LogP) is 10.9. The van der Waals surface area contributed by atoms with Gasteiger partial charge in [0.2, 0.25) is 0 Å². The van der Waals surface area contributed by atoms with E-state index in [2.05, 4.69) is 60.7 Å². The molecule has 0 unspecified atom stereocenters. The van der Waals surface area contributed by atoms with Gasteiger partial charge in [-0.05, 0) is 82.2 Å². The average molecular weight is 567 g/mol.